The summed E-state index contributed by atoms with van der Waals surface area (Å²) < 4.78 is 15.8. The van der Waals surface area contributed by atoms with E-state index >= 15 is 0 Å². The number of pyridine rings is 1. The highest BCUT2D eigenvalue weighted by molar-refractivity contribution is 5.87. The highest BCUT2D eigenvalue weighted by Gasteiger charge is 2.26. The quantitative estimate of drug-likeness (QED) is 0.624. The zero-order valence-corrected chi connectivity index (χ0v) is 15.1. The van der Waals surface area contributed by atoms with Gasteiger partial charge in [-0.15, -0.1) is 0 Å². The molecular weight excluding hydrogens is 330 g/mol. The van der Waals surface area contributed by atoms with Gasteiger partial charge in [0.25, 0.3) is 0 Å². The minimum Gasteiger partial charge on any atom is -0.481 e. The lowest BCUT2D eigenvalue weighted by Crippen LogP contribution is -2.18. The van der Waals surface area contributed by atoms with Crippen molar-refractivity contribution in [1.82, 2.24) is 4.98 Å². The van der Waals surface area contributed by atoms with Gasteiger partial charge in [0.2, 0.25) is 5.88 Å². The molecule has 5 nitrogen and oxygen atoms in total. The highest BCUT2D eigenvalue weighted by atomic mass is 16.6. The summed E-state index contributed by atoms with van der Waals surface area (Å²) >= 11 is 0. The Hall–Kier alpha value is -2.92. The van der Waals surface area contributed by atoms with Crippen LogP contribution in [-0.4, -0.2) is 31.8 Å². The molecule has 134 valence electrons. The van der Waals surface area contributed by atoms with Crippen LogP contribution in [0.25, 0.3) is 22.0 Å². The van der Waals surface area contributed by atoms with Gasteiger partial charge < -0.3 is 14.2 Å². The third-order valence-corrected chi connectivity index (χ3v) is 4.15. The van der Waals surface area contributed by atoms with E-state index in [-0.39, 0.29) is 6.61 Å². The van der Waals surface area contributed by atoms with E-state index in [1.807, 2.05) is 24.3 Å². The molecule has 3 rings (SSSR count). The molecule has 2 aromatic carbocycles. The molecule has 0 aliphatic heterocycles. The molecule has 0 amide bonds. The zero-order chi connectivity index (χ0) is 18.5. The minimum atomic E-state index is -0.872. The molecule has 3 aromatic rings. The molecule has 0 radical (unpaired) electrons. The van der Waals surface area contributed by atoms with Crippen LogP contribution in [0.4, 0.5) is 0 Å². The lowest BCUT2D eigenvalue weighted by Gasteiger charge is -2.17. The number of rotatable bonds is 6. The summed E-state index contributed by atoms with van der Waals surface area (Å²) in [6.45, 7) is 2.03. The average Bonchev–Trinajstić information content (AvgIpc) is 2.68. The summed E-state index contributed by atoms with van der Waals surface area (Å²) in [6.07, 6.45) is -0.872. The molecule has 1 atom stereocenters. The Bertz CT molecular complexity index is 923. The first-order chi connectivity index (χ1) is 12.7. The molecule has 0 spiro atoms. The van der Waals surface area contributed by atoms with Crippen LogP contribution in [0.1, 0.15) is 18.6 Å². The van der Waals surface area contributed by atoms with Crippen LogP contribution in [0.3, 0.4) is 0 Å². The van der Waals surface area contributed by atoms with Gasteiger partial charge in [0.1, 0.15) is 0 Å². The fraction of sp³-hybridized carbons (Fsp3) is 0.238. The van der Waals surface area contributed by atoms with Crippen molar-refractivity contribution in [1.29, 1.82) is 0 Å². The van der Waals surface area contributed by atoms with Crippen molar-refractivity contribution >= 4 is 16.7 Å². The average molecular weight is 351 g/mol. The van der Waals surface area contributed by atoms with E-state index in [1.165, 1.54) is 19.6 Å². The van der Waals surface area contributed by atoms with Crippen LogP contribution >= 0.6 is 0 Å². The number of benzene rings is 2. The summed E-state index contributed by atoms with van der Waals surface area (Å²) in [5.41, 5.74) is 2.27. The van der Waals surface area contributed by atoms with Gasteiger partial charge in [-0.3, -0.25) is 0 Å². The van der Waals surface area contributed by atoms with Crippen LogP contribution in [0, 0.1) is 0 Å². The van der Waals surface area contributed by atoms with Crippen molar-refractivity contribution in [2.24, 2.45) is 0 Å². The molecule has 1 aromatic heterocycles. The van der Waals surface area contributed by atoms with Crippen LogP contribution in [-0.2, 0) is 14.3 Å². The Morgan fingerprint density at radius 2 is 1.81 bits per heavy atom. The molecule has 0 fully saturated rings. The third kappa shape index (κ3) is 3.53. The molecule has 0 saturated heterocycles. The van der Waals surface area contributed by atoms with Crippen LogP contribution in [0.15, 0.2) is 54.6 Å². The van der Waals surface area contributed by atoms with E-state index < -0.39 is 12.1 Å². The monoisotopic (exact) mass is 351 g/mol. The normalized spacial score (nSPS) is 12.0. The second-order valence-corrected chi connectivity index (χ2v) is 5.72. The van der Waals surface area contributed by atoms with Crippen LogP contribution in [0.5, 0.6) is 5.88 Å². The van der Waals surface area contributed by atoms with Gasteiger partial charge in [0, 0.05) is 12.7 Å². The molecule has 0 aliphatic carbocycles. The molecule has 26 heavy (non-hydrogen) atoms. The molecule has 1 heterocycles. The number of hydrogen-bond donors (Lipinski definition) is 0. The van der Waals surface area contributed by atoms with Crippen molar-refractivity contribution in [3.05, 3.63) is 60.2 Å². The van der Waals surface area contributed by atoms with E-state index in [1.54, 1.807) is 13.0 Å². The number of carbonyl (C=O) groups excluding carboxylic acids is 1. The van der Waals surface area contributed by atoms with Gasteiger partial charge in [-0.2, -0.15) is 0 Å². The molecule has 0 saturated carbocycles. The lowest BCUT2D eigenvalue weighted by atomic mass is 10.0. The number of methoxy groups -OCH3 is 2. The summed E-state index contributed by atoms with van der Waals surface area (Å²) in [6, 6.07) is 18.0. The van der Waals surface area contributed by atoms with Crippen molar-refractivity contribution in [3.63, 3.8) is 0 Å². The first-order valence-corrected chi connectivity index (χ1v) is 8.41. The third-order valence-electron chi connectivity index (χ3n) is 4.15. The predicted octanol–water partition coefficient (Wildman–Crippen LogP) is 4.16. The highest BCUT2D eigenvalue weighted by Crippen LogP contribution is 2.31. The van der Waals surface area contributed by atoms with Crippen molar-refractivity contribution in [2.45, 2.75) is 13.0 Å². The smallest absolute Gasteiger partial charge is 0.340 e. The Morgan fingerprint density at radius 1 is 1.04 bits per heavy atom. The molecule has 0 bridgehead atoms. The van der Waals surface area contributed by atoms with Gasteiger partial charge in [-0.1, -0.05) is 36.4 Å². The topological polar surface area (TPSA) is 57.7 Å². The fourth-order valence-electron chi connectivity index (χ4n) is 2.89. The Morgan fingerprint density at radius 3 is 2.50 bits per heavy atom. The van der Waals surface area contributed by atoms with Crippen molar-refractivity contribution < 1.29 is 19.0 Å². The first kappa shape index (κ1) is 17.9. The second kappa shape index (κ2) is 7.97. The van der Waals surface area contributed by atoms with Gasteiger partial charge >= 0.3 is 5.97 Å². The predicted molar refractivity (Wildman–Crippen MR) is 100 cm³/mol. The van der Waals surface area contributed by atoms with Crippen LogP contribution < -0.4 is 4.74 Å². The zero-order valence-electron chi connectivity index (χ0n) is 15.1. The van der Waals surface area contributed by atoms with Gasteiger partial charge in [0.05, 0.1) is 25.0 Å². The first-order valence-electron chi connectivity index (χ1n) is 8.41. The maximum absolute atomic E-state index is 12.1. The number of nitrogens with zero attached hydrogens (tertiary/aromatic N) is 1. The lowest BCUT2D eigenvalue weighted by molar-refractivity contribution is -0.155. The van der Waals surface area contributed by atoms with Crippen molar-refractivity contribution in [2.75, 3.05) is 20.8 Å². The number of hydrogen-bond acceptors (Lipinski definition) is 5. The second-order valence-electron chi connectivity index (χ2n) is 5.72. The number of carbonyl (C=O) groups is 1. The van der Waals surface area contributed by atoms with Gasteiger partial charge in [-0.25, -0.2) is 9.78 Å². The Labute approximate surface area is 152 Å². The molecule has 5 heteroatoms. The Kier molecular flexibility index (Phi) is 5.49. The van der Waals surface area contributed by atoms with E-state index in [0.29, 0.717) is 11.4 Å². The Balaban J connectivity index is 2.00. The van der Waals surface area contributed by atoms with E-state index in [2.05, 4.69) is 29.2 Å². The van der Waals surface area contributed by atoms with E-state index in [0.717, 1.165) is 16.6 Å². The largest absolute Gasteiger partial charge is 0.481 e. The SMILES string of the molecule is CCOC(=O)C(OC)c1ccc(-c2ccc3ccccc3c2)nc1OC. The fourth-order valence-corrected chi connectivity index (χ4v) is 2.89. The van der Waals surface area contributed by atoms with Gasteiger partial charge in [0.15, 0.2) is 6.10 Å². The van der Waals surface area contributed by atoms with Gasteiger partial charge in [-0.05, 0) is 35.9 Å². The number of esters is 1. The molecule has 1 unspecified atom stereocenters. The maximum atomic E-state index is 12.1. The standard InChI is InChI=1S/C21H21NO4/c1-4-26-21(23)19(24-2)17-11-12-18(22-20(17)25-3)16-10-9-14-7-5-6-8-15(14)13-16/h5-13,19H,4H2,1-3H3. The summed E-state index contributed by atoms with van der Waals surface area (Å²) in [5, 5.41) is 2.30. The summed E-state index contributed by atoms with van der Waals surface area (Å²) in [5.74, 6) is -0.121. The molecule has 0 aliphatic rings. The number of fused-ring (bicyclic) bond motifs is 1. The van der Waals surface area contributed by atoms with E-state index in [4.69, 9.17) is 14.2 Å². The molecular formula is C21H21NO4. The van der Waals surface area contributed by atoms with E-state index in [9.17, 15) is 4.79 Å². The van der Waals surface area contributed by atoms with Crippen LogP contribution in [0.2, 0.25) is 0 Å². The summed E-state index contributed by atoms with van der Waals surface area (Å²) in [4.78, 5) is 16.7. The summed E-state index contributed by atoms with van der Waals surface area (Å²) in [7, 11) is 2.98. The van der Waals surface area contributed by atoms with Crippen molar-refractivity contribution in [3.8, 4) is 17.1 Å². The molecule has 0 N–H and O–H groups in total. The maximum Gasteiger partial charge on any atom is 0.340 e. The minimum absolute atomic E-state index is 0.281. The number of aromatic nitrogens is 1. The number of ether oxygens (including phenoxy) is 3.